The van der Waals surface area contributed by atoms with Gasteiger partial charge in [-0.1, -0.05) is 42.5 Å². The molecule has 2 aromatic carbocycles. The first-order chi connectivity index (χ1) is 11.5. The second kappa shape index (κ2) is 6.86. The molecular formula is C21H22FNS. The monoisotopic (exact) mass is 339 g/mol. The minimum Gasteiger partial charge on any atom is -0.353 e. The zero-order chi connectivity index (χ0) is 17.2. The lowest BCUT2D eigenvalue weighted by molar-refractivity contribution is 0.593. The lowest BCUT2D eigenvalue weighted by atomic mass is 9.92. The number of hydrogen-bond acceptors (Lipinski definition) is 2. The fraction of sp³-hybridized carbons (Fsp3) is 0.238. The topological polar surface area (TPSA) is 3.24 Å². The Hall–Kier alpha value is -2.00. The van der Waals surface area contributed by atoms with Crippen LogP contribution in [0, 0.1) is 5.82 Å². The summed E-state index contributed by atoms with van der Waals surface area (Å²) in [5, 5.41) is 0. The third-order valence-corrected chi connectivity index (χ3v) is 5.24. The second-order valence-electron chi connectivity index (χ2n) is 6.46. The van der Waals surface area contributed by atoms with E-state index in [1.54, 1.807) is 6.07 Å². The Morgan fingerprint density at radius 3 is 2.75 bits per heavy atom. The van der Waals surface area contributed by atoms with Gasteiger partial charge >= 0.3 is 0 Å². The molecule has 0 saturated heterocycles. The van der Waals surface area contributed by atoms with Crippen molar-refractivity contribution in [2.75, 3.05) is 16.5 Å². The third kappa shape index (κ3) is 3.27. The second-order valence-corrected chi connectivity index (χ2v) is 7.46. The molecule has 3 heteroatoms. The summed E-state index contributed by atoms with van der Waals surface area (Å²) < 4.78 is 14.1. The fourth-order valence-corrected chi connectivity index (χ4v) is 3.88. The van der Waals surface area contributed by atoms with E-state index < -0.39 is 0 Å². The first-order valence-electron chi connectivity index (χ1n) is 8.07. The molecule has 1 aliphatic rings. The van der Waals surface area contributed by atoms with Crippen molar-refractivity contribution < 1.29 is 4.39 Å². The summed E-state index contributed by atoms with van der Waals surface area (Å²) in [7, 11) is 0. The quantitative estimate of drug-likeness (QED) is 0.487. The lowest BCUT2D eigenvalue weighted by Gasteiger charge is -2.41. The number of hydrogen-bond donors (Lipinski definition) is 0. The molecule has 0 amide bonds. The van der Waals surface area contributed by atoms with Crippen LogP contribution < -0.4 is 4.90 Å². The van der Waals surface area contributed by atoms with Gasteiger partial charge in [-0.15, -0.1) is 18.3 Å². The molecule has 0 saturated carbocycles. The highest BCUT2D eigenvalue weighted by atomic mass is 32.2. The zero-order valence-corrected chi connectivity index (χ0v) is 14.9. The van der Waals surface area contributed by atoms with Gasteiger partial charge in [-0.05, 0) is 43.2 Å². The Balaban J connectivity index is 1.98. The number of benzene rings is 2. The maximum atomic E-state index is 14.1. The van der Waals surface area contributed by atoms with Crippen molar-refractivity contribution in [3.63, 3.8) is 0 Å². The molecular weight excluding hydrogens is 317 g/mol. The molecule has 0 bridgehead atoms. The standard InChI is InChI=1S/C21H22FNS/c1-4-13-24-15-23-20-10-9-16(18-7-5-6-8-19(18)22)14-17(20)11-12-21(23,2)3/h4-12,14H,1,13,15H2,2-3H3. The first-order valence-corrected chi connectivity index (χ1v) is 9.23. The molecule has 0 aromatic heterocycles. The molecule has 0 aliphatic carbocycles. The van der Waals surface area contributed by atoms with Gasteiger partial charge in [0.25, 0.3) is 0 Å². The van der Waals surface area contributed by atoms with Gasteiger partial charge in [0, 0.05) is 17.0 Å². The molecule has 0 fully saturated rings. The summed E-state index contributed by atoms with van der Waals surface area (Å²) in [6.45, 7) is 8.22. The van der Waals surface area contributed by atoms with E-state index in [1.165, 1.54) is 11.8 Å². The van der Waals surface area contributed by atoms with Crippen LogP contribution in [0.5, 0.6) is 0 Å². The first kappa shape index (κ1) is 16.8. The van der Waals surface area contributed by atoms with Gasteiger partial charge in [-0.2, -0.15) is 0 Å². The SMILES string of the molecule is C=CCSCN1c2ccc(-c3ccccc3F)cc2C=CC1(C)C. The van der Waals surface area contributed by atoms with Crippen LogP contribution >= 0.6 is 11.8 Å². The Labute approximate surface area is 147 Å². The molecule has 3 rings (SSSR count). The van der Waals surface area contributed by atoms with Crippen LogP contribution in [-0.2, 0) is 0 Å². The molecule has 1 heterocycles. The van der Waals surface area contributed by atoms with Crippen molar-refractivity contribution in [3.8, 4) is 11.1 Å². The van der Waals surface area contributed by atoms with E-state index in [-0.39, 0.29) is 11.4 Å². The molecule has 0 unspecified atom stereocenters. The smallest absolute Gasteiger partial charge is 0.131 e. The number of fused-ring (bicyclic) bond motifs is 1. The summed E-state index contributed by atoms with van der Waals surface area (Å²) >= 11 is 1.84. The van der Waals surface area contributed by atoms with E-state index in [4.69, 9.17) is 0 Å². The van der Waals surface area contributed by atoms with E-state index >= 15 is 0 Å². The van der Waals surface area contributed by atoms with Crippen molar-refractivity contribution in [1.29, 1.82) is 0 Å². The predicted octanol–water partition coefficient (Wildman–Crippen LogP) is 5.98. The maximum Gasteiger partial charge on any atom is 0.131 e. The molecule has 0 radical (unpaired) electrons. The van der Waals surface area contributed by atoms with E-state index in [1.807, 2.05) is 36.0 Å². The number of halogens is 1. The number of nitrogens with zero attached hydrogens (tertiary/aromatic N) is 1. The average molecular weight is 339 g/mol. The third-order valence-electron chi connectivity index (χ3n) is 4.33. The Morgan fingerprint density at radius 2 is 2.00 bits per heavy atom. The molecule has 24 heavy (non-hydrogen) atoms. The van der Waals surface area contributed by atoms with Crippen LogP contribution in [0.2, 0.25) is 0 Å². The Morgan fingerprint density at radius 1 is 1.21 bits per heavy atom. The predicted molar refractivity (Wildman–Crippen MR) is 105 cm³/mol. The Bertz CT molecular complexity index is 779. The average Bonchev–Trinajstić information content (AvgIpc) is 2.57. The summed E-state index contributed by atoms with van der Waals surface area (Å²) in [6, 6.07) is 13.1. The normalized spacial score (nSPS) is 15.2. The lowest BCUT2D eigenvalue weighted by Crippen LogP contribution is -2.44. The van der Waals surface area contributed by atoms with Gasteiger partial charge < -0.3 is 4.90 Å². The van der Waals surface area contributed by atoms with Gasteiger partial charge in [0.15, 0.2) is 0 Å². The van der Waals surface area contributed by atoms with Crippen LogP contribution in [0.15, 0.2) is 61.2 Å². The summed E-state index contributed by atoms with van der Waals surface area (Å²) in [6.07, 6.45) is 6.29. The van der Waals surface area contributed by atoms with E-state index in [2.05, 4.69) is 49.6 Å². The molecule has 0 N–H and O–H groups in total. The highest BCUT2D eigenvalue weighted by Gasteiger charge is 2.28. The molecule has 1 aliphatic heterocycles. The van der Waals surface area contributed by atoms with Crippen molar-refractivity contribution in [1.82, 2.24) is 0 Å². The van der Waals surface area contributed by atoms with Crippen LogP contribution in [0.25, 0.3) is 17.2 Å². The van der Waals surface area contributed by atoms with Crippen LogP contribution in [0.3, 0.4) is 0 Å². The van der Waals surface area contributed by atoms with Crippen molar-refractivity contribution in [2.45, 2.75) is 19.4 Å². The van der Waals surface area contributed by atoms with Crippen LogP contribution in [0.4, 0.5) is 10.1 Å². The number of anilines is 1. The van der Waals surface area contributed by atoms with Gasteiger partial charge in [0.05, 0.1) is 11.4 Å². The highest BCUT2D eigenvalue weighted by molar-refractivity contribution is 7.99. The van der Waals surface area contributed by atoms with Gasteiger partial charge in [-0.25, -0.2) is 4.39 Å². The van der Waals surface area contributed by atoms with Gasteiger partial charge in [0.2, 0.25) is 0 Å². The fourth-order valence-electron chi connectivity index (χ4n) is 2.95. The minimum absolute atomic E-state index is 0.0410. The summed E-state index contributed by atoms with van der Waals surface area (Å²) in [4.78, 5) is 2.39. The summed E-state index contributed by atoms with van der Waals surface area (Å²) in [5.74, 6) is 1.64. The number of thioether (sulfide) groups is 1. The molecule has 124 valence electrons. The van der Waals surface area contributed by atoms with Crippen LogP contribution in [0.1, 0.15) is 19.4 Å². The maximum absolute atomic E-state index is 14.1. The highest BCUT2D eigenvalue weighted by Crippen LogP contribution is 2.38. The van der Waals surface area contributed by atoms with Crippen molar-refractivity contribution in [3.05, 3.63) is 72.6 Å². The van der Waals surface area contributed by atoms with Crippen LogP contribution in [-0.4, -0.2) is 17.2 Å². The van der Waals surface area contributed by atoms with E-state index in [9.17, 15) is 4.39 Å². The molecule has 0 spiro atoms. The van der Waals surface area contributed by atoms with Gasteiger partial charge in [0.1, 0.15) is 5.82 Å². The number of rotatable bonds is 5. The van der Waals surface area contributed by atoms with E-state index in [0.717, 1.165) is 22.8 Å². The van der Waals surface area contributed by atoms with Gasteiger partial charge in [-0.3, -0.25) is 0 Å². The van der Waals surface area contributed by atoms with E-state index in [0.29, 0.717) is 5.56 Å². The molecule has 1 nitrogen and oxygen atoms in total. The molecule has 2 aromatic rings. The largest absolute Gasteiger partial charge is 0.353 e. The minimum atomic E-state index is -0.184. The summed E-state index contributed by atoms with van der Waals surface area (Å²) in [5.41, 5.74) is 3.84. The van der Waals surface area contributed by atoms with Crippen molar-refractivity contribution >= 4 is 23.5 Å². The molecule has 0 atom stereocenters. The van der Waals surface area contributed by atoms with Crippen molar-refractivity contribution in [2.24, 2.45) is 0 Å². The Kier molecular flexibility index (Phi) is 4.81. The zero-order valence-electron chi connectivity index (χ0n) is 14.1.